The Morgan fingerprint density at radius 3 is 2.73 bits per heavy atom. The van der Waals surface area contributed by atoms with Gasteiger partial charge in [0, 0.05) is 30.5 Å². The molecule has 6 heteroatoms. The SMILES string of the molecule is COCC1(C(=O)NCCc2nc(-c3ccccc3)c(C)s2)CCNCC1. The van der Waals surface area contributed by atoms with Crippen molar-refractivity contribution in [1.82, 2.24) is 15.6 Å². The van der Waals surface area contributed by atoms with Crippen molar-refractivity contribution >= 4 is 17.2 Å². The van der Waals surface area contributed by atoms with Gasteiger partial charge in [-0.2, -0.15) is 0 Å². The Labute approximate surface area is 159 Å². The lowest BCUT2D eigenvalue weighted by Crippen LogP contribution is -2.50. The maximum Gasteiger partial charge on any atom is 0.228 e. The highest BCUT2D eigenvalue weighted by Crippen LogP contribution is 2.30. The van der Waals surface area contributed by atoms with Crippen LogP contribution in [0.1, 0.15) is 22.7 Å². The molecule has 26 heavy (non-hydrogen) atoms. The number of aryl methyl sites for hydroxylation is 1. The molecule has 1 fully saturated rings. The number of nitrogens with zero attached hydrogens (tertiary/aromatic N) is 1. The van der Waals surface area contributed by atoms with E-state index < -0.39 is 5.41 Å². The van der Waals surface area contributed by atoms with Crippen LogP contribution in [0.5, 0.6) is 0 Å². The summed E-state index contributed by atoms with van der Waals surface area (Å²) >= 11 is 1.71. The number of amides is 1. The van der Waals surface area contributed by atoms with Crippen molar-refractivity contribution in [2.24, 2.45) is 5.41 Å². The summed E-state index contributed by atoms with van der Waals surface area (Å²) in [4.78, 5) is 18.7. The van der Waals surface area contributed by atoms with Crippen LogP contribution in [0.25, 0.3) is 11.3 Å². The minimum Gasteiger partial charge on any atom is -0.384 e. The van der Waals surface area contributed by atoms with Crippen molar-refractivity contribution in [2.45, 2.75) is 26.2 Å². The molecular weight excluding hydrogens is 346 g/mol. The molecule has 2 heterocycles. The van der Waals surface area contributed by atoms with Crippen LogP contribution in [-0.2, 0) is 16.0 Å². The molecule has 1 aliphatic rings. The predicted molar refractivity (Wildman–Crippen MR) is 105 cm³/mol. The lowest BCUT2D eigenvalue weighted by Gasteiger charge is -2.35. The average Bonchev–Trinajstić information content (AvgIpc) is 3.04. The fraction of sp³-hybridized carbons (Fsp3) is 0.500. The van der Waals surface area contributed by atoms with E-state index in [1.165, 1.54) is 4.88 Å². The normalized spacial score (nSPS) is 16.4. The maximum absolute atomic E-state index is 12.8. The lowest BCUT2D eigenvalue weighted by molar-refractivity contribution is -0.136. The number of methoxy groups -OCH3 is 1. The molecule has 0 atom stereocenters. The minimum absolute atomic E-state index is 0.109. The maximum atomic E-state index is 12.8. The molecule has 1 aliphatic heterocycles. The number of piperidine rings is 1. The Balaban J connectivity index is 1.58. The second-order valence-corrected chi connectivity index (χ2v) is 8.14. The summed E-state index contributed by atoms with van der Waals surface area (Å²) in [6.07, 6.45) is 2.40. The second-order valence-electron chi connectivity index (χ2n) is 6.85. The molecular formula is C20H27N3O2S. The summed E-state index contributed by atoms with van der Waals surface area (Å²) in [6.45, 7) is 4.92. The molecule has 1 aromatic heterocycles. The first-order valence-electron chi connectivity index (χ1n) is 9.14. The molecule has 0 unspecified atom stereocenters. The van der Waals surface area contributed by atoms with Gasteiger partial charge >= 0.3 is 0 Å². The van der Waals surface area contributed by atoms with E-state index in [0.717, 1.165) is 48.6 Å². The molecule has 2 aromatic rings. The van der Waals surface area contributed by atoms with Crippen molar-refractivity contribution in [2.75, 3.05) is 33.4 Å². The smallest absolute Gasteiger partial charge is 0.228 e. The van der Waals surface area contributed by atoms with Crippen molar-refractivity contribution in [3.8, 4) is 11.3 Å². The number of hydrogen-bond acceptors (Lipinski definition) is 5. The number of aromatic nitrogens is 1. The monoisotopic (exact) mass is 373 g/mol. The molecule has 1 aromatic carbocycles. The molecule has 0 saturated carbocycles. The largest absolute Gasteiger partial charge is 0.384 e. The van der Waals surface area contributed by atoms with E-state index in [4.69, 9.17) is 9.72 Å². The van der Waals surface area contributed by atoms with Gasteiger partial charge in [0.05, 0.1) is 22.7 Å². The number of carbonyl (C=O) groups is 1. The van der Waals surface area contributed by atoms with Gasteiger partial charge in [-0.25, -0.2) is 4.98 Å². The topological polar surface area (TPSA) is 63.2 Å². The molecule has 0 bridgehead atoms. The summed E-state index contributed by atoms with van der Waals surface area (Å²) in [5.41, 5.74) is 1.80. The summed E-state index contributed by atoms with van der Waals surface area (Å²) in [5, 5.41) is 7.49. The van der Waals surface area contributed by atoms with E-state index in [9.17, 15) is 4.79 Å². The Bertz CT molecular complexity index is 718. The van der Waals surface area contributed by atoms with E-state index in [1.54, 1.807) is 18.4 Å². The Hall–Kier alpha value is -1.76. The molecule has 140 valence electrons. The zero-order valence-corrected chi connectivity index (χ0v) is 16.3. The van der Waals surface area contributed by atoms with Crippen molar-refractivity contribution < 1.29 is 9.53 Å². The number of carbonyl (C=O) groups excluding carboxylic acids is 1. The highest BCUT2D eigenvalue weighted by atomic mass is 32.1. The van der Waals surface area contributed by atoms with Gasteiger partial charge in [0.15, 0.2) is 0 Å². The van der Waals surface area contributed by atoms with Crippen LogP contribution >= 0.6 is 11.3 Å². The van der Waals surface area contributed by atoms with Crippen LogP contribution in [0.3, 0.4) is 0 Å². The van der Waals surface area contributed by atoms with Gasteiger partial charge in [-0.15, -0.1) is 11.3 Å². The van der Waals surface area contributed by atoms with Gasteiger partial charge in [0.1, 0.15) is 0 Å². The number of benzene rings is 1. The van der Waals surface area contributed by atoms with Crippen LogP contribution in [0.4, 0.5) is 0 Å². The summed E-state index contributed by atoms with van der Waals surface area (Å²) < 4.78 is 5.34. The molecule has 1 saturated heterocycles. The molecule has 0 radical (unpaired) electrons. The van der Waals surface area contributed by atoms with Crippen molar-refractivity contribution in [3.05, 3.63) is 40.2 Å². The Morgan fingerprint density at radius 1 is 1.31 bits per heavy atom. The van der Waals surface area contributed by atoms with Gasteiger partial charge in [0.25, 0.3) is 0 Å². The lowest BCUT2D eigenvalue weighted by atomic mass is 9.78. The van der Waals surface area contributed by atoms with Gasteiger partial charge < -0.3 is 15.4 Å². The molecule has 1 amide bonds. The van der Waals surface area contributed by atoms with E-state index in [-0.39, 0.29) is 5.91 Å². The van der Waals surface area contributed by atoms with E-state index in [2.05, 4.69) is 29.7 Å². The second kappa shape index (κ2) is 8.75. The third kappa shape index (κ3) is 4.31. The third-order valence-corrected chi connectivity index (χ3v) is 6.01. The molecule has 2 N–H and O–H groups in total. The quantitative estimate of drug-likeness (QED) is 0.783. The van der Waals surface area contributed by atoms with Gasteiger partial charge in [-0.1, -0.05) is 30.3 Å². The first-order chi connectivity index (χ1) is 12.6. The van der Waals surface area contributed by atoms with Crippen LogP contribution < -0.4 is 10.6 Å². The van der Waals surface area contributed by atoms with Crippen LogP contribution in [0.2, 0.25) is 0 Å². The minimum atomic E-state index is -0.395. The first-order valence-corrected chi connectivity index (χ1v) is 9.96. The number of rotatable bonds is 7. The van der Waals surface area contributed by atoms with Crippen molar-refractivity contribution in [1.29, 1.82) is 0 Å². The molecule has 5 nitrogen and oxygen atoms in total. The van der Waals surface area contributed by atoms with E-state index in [0.29, 0.717) is 13.2 Å². The summed E-state index contributed by atoms with van der Waals surface area (Å²) in [5.74, 6) is 0.109. The zero-order valence-electron chi connectivity index (χ0n) is 15.5. The number of thiazole rings is 1. The van der Waals surface area contributed by atoms with E-state index in [1.807, 2.05) is 18.2 Å². The summed E-state index contributed by atoms with van der Waals surface area (Å²) in [7, 11) is 1.67. The third-order valence-electron chi connectivity index (χ3n) is 4.98. The standard InChI is InChI=1S/C20H27N3O2S/c1-15-18(16-6-4-3-5-7-16)23-17(26-15)8-11-22-19(24)20(14-25-2)9-12-21-13-10-20/h3-7,21H,8-14H2,1-2H3,(H,22,24). The first kappa shape index (κ1) is 19.0. The van der Waals surface area contributed by atoms with Gasteiger partial charge in [-0.3, -0.25) is 4.79 Å². The number of hydrogen-bond donors (Lipinski definition) is 2. The molecule has 0 spiro atoms. The number of ether oxygens (including phenoxy) is 1. The fourth-order valence-electron chi connectivity index (χ4n) is 3.51. The number of nitrogens with one attached hydrogen (secondary N) is 2. The van der Waals surface area contributed by atoms with Crippen LogP contribution in [-0.4, -0.2) is 44.2 Å². The fourth-order valence-corrected chi connectivity index (χ4v) is 4.47. The van der Waals surface area contributed by atoms with Gasteiger partial charge in [-0.05, 0) is 32.9 Å². The molecule has 0 aliphatic carbocycles. The van der Waals surface area contributed by atoms with E-state index >= 15 is 0 Å². The van der Waals surface area contributed by atoms with Crippen LogP contribution in [0.15, 0.2) is 30.3 Å². The Morgan fingerprint density at radius 2 is 2.04 bits per heavy atom. The summed E-state index contributed by atoms with van der Waals surface area (Å²) in [6, 6.07) is 10.2. The highest BCUT2D eigenvalue weighted by Gasteiger charge is 2.39. The van der Waals surface area contributed by atoms with Crippen LogP contribution in [0, 0.1) is 12.3 Å². The molecule has 3 rings (SSSR count). The predicted octanol–water partition coefficient (Wildman–Crippen LogP) is 2.79. The Kier molecular flexibility index (Phi) is 6.40. The zero-order chi connectivity index (χ0) is 18.4. The van der Waals surface area contributed by atoms with Crippen molar-refractivity contribution in [3.63, 3.8) is 0 Å². The highest BCUT2D eigenvalue weighted by molar-refractivity contribution is 7.12. The van der Waals surface area contributed by atoms with Gasteiger partial charge in [0.2, 0.25) is 5.91 Å². The average molecular weight is 374 g/mol.